The van der Waals surface area contributed by atoms with Gasteiger partial charge in [-0.25, -0.2) is 0 Å². The van der Waals surface area contributed by atoms with Crippen LogP contribution in [0.2, 0.25) is 0 Å². The number of aromatic nitrogens is 2. The Hall–Kier alpha value is -3.06. The number of piperazine rings is 1. The number of ether oxygens (including phenoxy) is 2. The van der Waals surface area contributed by atoms with Crippen molar-refractivity contribution in [2.75, 3.05) is 45.3 Å². The molecule has 0 radical (unpaired) electrons. The van der Waals surface area contributed by atoms with Crippen LogP contribution in [-0.4, -0.2) is 55.4 Å². The average Bonchev–Trinajstić information content (AvgIpc) is 3.23. The molecule has 1 aromatic heterocycles. The van der Waals surface area contributed by atoms with E-state index < -0.39 is 0 Å². The van der Waals surface area contributed by atoms with Crippen molar-refractivity contribution in [3.63, 3.8) is 0 Å². The molecule has 0 aliphatic carbocycles. The van der Waals surface area contributed by atoms with Crippen LogP contribution in [0.5, 0.6) is 11.5 Å². The first-order valence-electron chi connectivity index (χ1n) is 9.33. The predicted molar refractivity (Wildman–Crippen MR) is 107 cm³/mol. The molecule has 1 saturated heterocycles. The molecular weight excluding hydrogens is 356 g/mol. The number of nitrogens with zero attached hydrogens (tertiary/aromatic N) is 4. The second-order valence-corrected chi connectivity index (χ2v) is 6.70. The van der Waals surface area contributed by atoms with E-state index in [1.807, 2.05) is 36.4 Å². The summed E-state index contributed by atoms with van der Waals surface area (Å²) in [5.41, 5.74) is 2.11. The molecule has 0 amide bonds. The van der Waals surface area contributed by atoms with E-state index in [0.717, 1.165) is 43.2 Å². The lowest BCUT2D eigenvalue weighted by Gasteiger charge is -2.35. The molecule has 0 N–H and O–H groups in total. The molecule has 2 heterocycles. The largest absolute Gasteiger partial charge is 0.497 e. The van der Waals surface area contributed by atoms with E-state index in [9.17, 15) is 0 Å². The van der Waals surface area contributed by atoms with Gasteiger partial charge in [-0.05, 0) is 36.4 Å². The van der Waals surface area contributed by atoms with Crippen LogP contribution in [0.3, 0.4) is 0 Å². The van der Waals surface area contributed by atoms with Crippen molar-refractivity contribution >= 4 is 5.69 Å². The highest BCUT2D eigenvalue weighted by atomic mass is 16.5. The van der Waals surface area contributed by atoms with Crippen molar-refractivity contribution in [3.8, 4) is 22.9 Å². The van der Waals surface area contributed by atoms with E-state index in [1.54, 1.807) is 14.2 Å². The Morgan fingerprint density at radius 1 is 0.929 bits per heavy atom. The first kappa shape index (κ1) is 18.3. The third kappa shape index (κ3) is 4.09. The molecule has 1 aliphatic heterocycles. The van der Waals surface area contributed by atoms with E-state index in [4.69, 9.17) is 14.0 Å². The van der Waals surface area contributed by atoms with Gasteiger partial charge in [-0.15, -0.1) is 0 Å². The maximum atomic E-state index is 5.46. The molecule has 7 heteroatoms. The molecule has 1 aliphatic rings. The minimum atomic E-state index is 0.589. The average molecular weight is 380 g/mol. The van der Waals surface area contributed by atoms with Crippen LogP contribution in [0.4, 0.5) is 5.69 Å². The van der Waals surface area contributed by atoms with Gasteiger partial charge in [-0.1, -0.05) is 17.3 Å². The summed E-state index contributed by atoms with van der Waals surface area (Å²) in [7, 11) is 3.33. The molecule has 146 valence electrons. The van der Waals surface area contributed by atoms with Crippen molar-refractivity contribution in [1.82, 2.24) is 15.0 Å². The fourth-order valence-electron chi connectivity index (χ4n) is 3.35. The van der Waals surface area contributed by atoms with E-state index in [1.165, 1.54) is 5.69 Å². The second kappa shape index (κ2) is 8.31. The SMILES string of the molecule is COc1ccc(N2CCN(Cc3nc(-c4cccc(OC)c4)no3)CC2)cc1. The number of rotatable bonds is 6. The summed E-state index contributed by atoms with van der Waals surface area (Å²) in [6, 6.07) is 15.9. The molecule has 0 bridgehead atoms. The van der Waals surface area contributed by atoms with Gasteiger partial charge in [0.1, 0.15) is 11.5 Å². The quantitative estimate of drug-likeness (QED) is 0.651. The molecule has 3 aromatic rings. The summed E-state index contributed by atoms with van der Waals surface area (Å²) >= 11 is 0. The van der Waals surface area contributed by atoms with Crippen LogP contribution in [0.25, 0.3) is 11.4 Å². The normalized spacial score (nSPS) is 14.9. The van der Waals surface area contributed by atoms with Crippen LogP contribution >= 0.6 is 0 Å². The van der Waals surface area contributed by atoms with Crippen LogP contribution in [0.1, 0.15) is 5.89 Å². The molecule has 2 aromatic carbocycles. The molecule has 0 unspecified atom stereocenters. The van der Waals surface area contributed by atoms with E-state index >= 15 is 0 Å². The zero-order valence-corrected chi connectivity index (χ0v) is 16.2. The number of hydrogen-bond acceptors (Lipinski definition) is 7. The maximum absolute atomic E-state index is 5.46. The fraction of sp³-hybridized carbons (Fsp3) is 0.333. The molecular formula is C21H24N4O3. The Kier molecular flexibility index (Phi) is 5.43. The fourth-order valence-corrected chi connectivity index (χ4v) is 3.35. The zero-order chi connectivity index (χ0) is 19.3. The highest BCUT2D eigenvalue weighted by Gasteiger charge is 2.20. The Balaban J connectivity index is 1.34. The minimum absolute atomic E-state index is 0.589. The van der Waals surface area contributed by atoms with Gasteiger partial charge in [0.05, 0.1) is 20.8 Å². The predicted octanol–water partition coefficient (Wildman–Crippen LogP) is 3.08. The summed E-state index contributed by atoms with van der Waals surface area (Å²) in [4.78, 5) is 9.26. The monoisotopic (exact) mass is 380 g/mol. The molecule has 0 atom stereocenters. The maximum Gasteiger partial charge on any atom is 0.241 e. The van der Waals surface area contributed by atoms with Gasteiger partial charge in [-0.3, -0.25) is 4.90 Å². The van der Waals surface area contributed by atoms with Gasteiger partial charge in [0.15, 0.2) is 0 Å². The van der Waals surface area contributed by atoms with Crippen molar-refractivity contribution in [2.24, 2.45) is 0 Å². The number of hydrogen-bond donors (Lipinski definition) is 0. The molecule has 1 fully saturated rings. The van der Waals surface area contributed by atoms with Crippen molar-refractivity contribution < 1.29 is 14.0 Å². The highest BCUT2D eigenvalue weighted by molar-refractivity contribution is 5.56. The lowest BCUT2D eigenvalue weighted by atomic mass is 10.2. The van der Waals surface area contributed by atoms with Gasteiger partial charge in [0, 0.05) is 37.4 Å². The standard InChI is InChI=1S/C21H24N4O3/c1-26-18-8-6-17(7-9-18)25-12-10-24(11-13-25)15-20-22-21(23-28-20)16-4-3-5-19(14-16)27-2/h3-9,14H,10-13,15H2,1-2H3. The smallest absolute Gasteiger partial charge is 0.241 e. The van der Waals surface area contributed by atoms with Crippen molar-refractivity contribution in [1.29, 1.82) is 0 Å². The summed E-state index contributed by atoms with van der Waals surface area (Å²) in [5.74, 6) is 2.88. The summed E-state index contributed by atoms with van der Waals surface area (Å²) in [6.07, 6.45) is 0. The topological polar surface area (TPSA) is 63.9 Å². The Morgan fingerprint density at radius 3 is 2.39 bits per heavy atom. The first-order chi connectivity index (χ1) is 13.7. The summed E-state index contributed by atoms with van der Waals surface area (Å²) in [6.45, 7) is 4.48. The van der Waals surface area contributed by atoms with E-state index in [-0.39, 0.29) is 0 Å². The number of anilines is 1. The zero-order valence-electron chi connectivity index (χ0n) is 16.2. The molecule has 0 spiro atoms. The molecule has 0 saturated carbocycles. The molecule has 7 nitrogen and oxygen atoms in total. The lowest BCUT2D eigenvalue weighted by Crippen LogP contribution is -2.46. The van der Waals surface area contributed by atoms with Crippen LogP contribution in [0, 0.1) is 0 Å². The van der Waals surface area contributed by atoms with Gasteiger partial charge < -0.3 is 18.9 Å². The lowest BCUT2D eigenvalue weighted by molar-refractivity contribution is 0.215. The van der Waals surface area contributed by atoms with Crippen LogP contribution in [0.15, 0.2) is 53.1 Å². The third-order valence-corrected chi connectivity index (χ3v) is 4.96. The van der Waals surface area contributed by atoms with Gasteiger partial charge in [0.25, 0.3) is 0 Å². The van der Waals surface area contributed by atoms with Gasteiger partial charge in [0.2, 0.25) is 11.7 Å². The van der Waals surface area contributed by atoms with Crippen molar-refractivity contribution in [2.45, 2.75) is 6.54 Å². The van der Waals surface area contributed by atoms with Crippen LogP contribution < -0.4 is 14.4 Å². The van der Waals surface area contributed by atoms with Crippen LogP contribution in [-0.2, 0) is 6.54 Å². The number of benzene rings is 2. The van der Waals surface area contributed by atoms with Gasteiger partial charge in [-0.2, -0.15) is 4.98 Å². The Labute approximate surface area is 164 Å². The Bertz CT molecular complexity index is 902. The van der Waals surface area contributed by atoms with E-state index in [2.05, 4.69) is 32.1 Å². The first-order valence-corrected chi connectivity index (χ1v) is 9.33. The Morgan fingerprint density at radius 2 is 1.68 bits per heavy atom. The second-order valence-electron chi connectivity index (χ2n) is 6.70. The van der Waals surface area contributed by atoms with Crippen molar-refractivity contribution in [3.05, 3.63) is 54.4 Å². The summed E-state index contributed by atoms with van der Waals surface area (Å²) < 4.78 is 15.9. The molecule has 4 rings (SSSR count). The van der Waals surface area contributed by atoms with Gasteiger partial charge >= 0.3 is 0 Å². The minimum Gasteiger partial charge on any atom is -0.497 e. The van der Waals surface area contributed by atoms with E-state index in [0.29, 0.717) is 18.3 Å². The number of methoxy groups -OCH3 is 2. The summed E-state index contributed by atoms with van der Waals surface area (Å²) in [5, 5.41) is 4.12. The highest BCUT2D eigenvalue weighted by Crippen LogP contribution is 2.23. The molecule has 28 heavy (non-hydrogen) atoms. The third-order valence-electron chi connectivity index (χ3n) is 4.96.